The molecule has 0 spiro atoms. The summed E-state index contributed by atoms with van der Waals surface area (Å²) in [5.41, 5.74) is 1.28. The lowest BCUT2D eigenvalue weighted by Crippen LogP contribution is -2.32. The van der Waals surface area contributed by atoms with Gasteiger partial charge in [-0.2, -0.15) is 0 Å². The summed E-state index contributed by atoms with van der Waals surface area (Å²) in [5.74, 6) is -0.223. The number of likely N-dealkylation sites (N-methyl/N-ethyl adjacent to an activating group) is 1. The van der Waals surface area contributed by atoms with Gasteiger partial charge in [0, 0.05) is 31.3 Å². The number of carbonyl (C=O) groups is 2. The van der Waals surface area contributed by atoms with Crippen LogP contribution in [0, 0.1) is 0 Å². The molecule has 1 aromatic carbocycles. The number of anilines is 1. The van der Waals surface area contributed by atoms with Gasteiger partial charge in [-0.1, -0.05) is 6.92 Å². The number of hydrogen-bond acceptors (Lipinski definition) is 3. The maximum atomic E-state index is 11.8. The Morgan fingerprint density at radius 3 is 2.37 bits per heavy atom. The fourth-order valence-corrected chi connectivity index (χ4v) is 1.53. The third-order valence-corrected chi connectivity index (χ3v) is 2.79. The van der Waals surface area contributed by atoms with Gasteiger partial charge in [-0.25, -0.2) is 0 Å². The van der Waals surface area contributed by atoms with E-state index < -0.39 is 0 Å². The van der Waals surface area contributed by atoms with E-state index in [0.29, 0.717) is 17.8 Å². The molecule has 0 radical (unpaired) electrons. The zero-order valence-electron chi connectivity index (χ0n) is 11.7. The predicted molar refractivity (Wildman–Crippen MR) is 76.2 cm³/mol. The molecule has 1 aromatic rings. The topological polar surface area (TPSA) is 61.4 Å². The Bertz CT molecular complexity index is 429. The van der Waals surface area contributed by atoms with E-state index >= 15 is 0 Å². The molecule has 0 atom stereocenters. The van der Waals surface area contributed by atoms with Crippen molar-refractivity contribution in [1.29, 1.82) is 0 Å². The van der Waals surface area contributed by atoms with Crippen LogP contribution in [0.1, 0.15) is 24.2 Å². The average molecular weight is 263 g/mol. The van der Waals surface area contributed by atoms with Gasteiger partial charge in [-0.15, -0.1) is 0 Å². The van der Waals surface area contributed by atoms with Gasteiger partial charge in [0.15, 0.2) is 0 Å². The molecule has 0 aliphatic rings. The Morgan fingerprint density at radius 1 is 1.21 bits per heavy atom. The molecule has 2 amide bonds. The van der Waals surface area contributed by atoms with Crippen LogP contribution in [0.5, 0.6) is 0 Å². The largest absolute Gasteiger partial charge is 0.351 e. The molecular formula is C14H21N3O2. The summed E-state index contributed by atoms with van der Waals surface area (Å²) in [4.78, 5) is 24.8. The Balaban J connectivity index is 2.46. The van der Waals surface area contributed by atoms with E-state index in [1.807, 2.05) is 7.05 Å². The Kier molecular flexibility index (Phi) is 6.02. The van der Waals surface area contributed by atoms with Gasteiger partial charge < -0.3 is 15.5 Å². The first-order valence-corrected chi connectivity index (χ1v) is 6.37. The average Bonchev–Trinajstić information content (AvgIpc) is 2.38. The van der Waals surface area contributed by atoms with Crippen molar-refractivity contribution in [1.82, 2.24) is 10.2 Å². The molecule has 5 nitrogen and oxygen atoms in total. The Labute approximate surface area is 114 Å². The van der Waals surface area contributed by atoms with E-state index in [1.54, 1.807) is 24.3 Å². The minimum atomic E-state index is -0.125. The van der Waals surface area contributed by atoms with E-state index in [9.17, 15) is 9.59 Å². The Morgan fingerprint density at radius 2 is 1.84 bits per heavy atom. The van der Waals surface area contributed by atoms with Gasteiger partial charge in [0.2, 0.25) is 5.91 Å². The number of benzene rings is 1. The van der Waals surface area contributed by atoms with Crippen molar-refractivity contribution in [2.24, 2.45) is 0 Å². The normalized spacial score (nSPS) is 10.3. The van der Waals surface area contributed by atoms with Crippen molar-refractivity contribution in [3.63, 3.8) is 0 Å². The van der Waals surface area contributed by atoms with Crippen molar-refractivity contribution in [2.45, 2.75) is 13.8 Å². The highest BCUT2D eigenvalue weighted by atomic mass is 16.2. The van der Waals surface area contributed by atoms with E-state index in [2.05, 4.69) is 22.5 Å². The summed E-state index contributed by atoms with van der Waals surface area (Å²) < 4.78 is 0. The minimum absolute atomic E-state index is 0.0983. The molecule has 0 saturated carbocycles. The van der Waals surface area contributed by atoms with Crippen molar-refractivity contribution in [3.05, 3.63) is 29.8 Å². The summed E-state index contributed by atoms with van der Waals surface area (Å²) in [6, 6.07) is 6.83. The number of carbonyl (C=O) groups excluding carboxylic acids is 2. The molecule has 5 heteroatoms. The molecular weight excluding hydrogens is 242 g/mol. The number of nitrogens with one attached hydrogen (secondary N) is 2. The molecule has 0 fully saturated rings. The molecule has 0 unspecified atom stereocenters. The monoisotopic (exact) mass is 263 g/mol. The van der Waals surface area contributed by atoms with Gasteiger partial charge >= 0.3 is 0 Å². The number of nitrogens with zero attached hydrogens (tertiary/aromatic N) is 1. The van der Waals surface area contributed by atoms with Crippen LogP contribution in [0.3, 0.4) is 0 Å². The van der Waals surface area contributed by atoms with Crippen LogP contribution in [0.2, 0.25) is 0 Å². The standard InChI is InChI=1S/C14H21N3O2/c1-4-17(3)10-9-15-14(19)12-5-7-13(8-6-12)16-11(2)18/h5-8H,4,9-10H2,1-3H3,(H,15,19)(H,16,18). The predicted octanol–water partition coefficient (Wildman–Crippen LogP) is 1.33. The SMILES string of the molecule is CCN(C)CCNC(=O)c1ccc(NC(C)=O)cc1. The van der Waals surface area contributed by atoms with E-state index in [0.717, 1.165) is 13.1 Å². The fourth-order valence-electron chi connectivity index (χ4n) is 1.53. The van der Waals surface area contributed by atoms with E-state index in [1.165, 1.54) is 6.92 Å². The molecule has 0 aliphatic heterocycles. The van der Waals surface area contributed by atoms with Crippen molar-refractivity contribution in [3.8, 4) is 0 Å². The summed E-state index contributed by atoms with van der Waals surface area (Å²) in [6.07, 6.45) is 0. The van der Waals surface area contributed by atoms with Crippen molar-refractivity contribution in [2.75, 3.05) is 32.0 Å². The van der Waals surface area contributed by atoms with Crippen molar-refractivity contribution < 1.29 is 9.59 Å². The number of amides is 2. The number of rotatable bonds is 6. The maximum absolute atomic E-state index is 11.8. The Hall–Kier alpha value is -1.88. The third kappa shape index (κ3) is 5.52. The van der Waals surface area contributed by atoms with Gasteiger partial charge in [0.25, 0.3) is 5.91 Å². The third-order valence-electron chi connectivity index (χ3n) is 2.79. The second-order valence-corrected chi connectivity index (χ2v) is 4.41. The smallest absolute Gasteiger partial charge is 0.251 e. The van der Waals surface area contributed by atoms with Crippen LogP contribution < -0.4 is 10.6 Å². The fraction of sp³-hybridized carbons (Fsp3) is 0.429. The summed E-state index contributed by atoms with van der Waals surface area (Å²) in [5, 5.41) is 5.52. The lowest BCUT2D eigenvalue weighted by Gasteiger charge is -2.14. The molecule has 1 rings (SSSR count). The van der Waals surface area contributed by atoms with Crippen LogP contribution in [0.15, 0.2) is 24.3 Å². The van der Waals surface area contributed by atoms with Crippen molar-refractivity contribution >= 4 is 17.5 Å². The molecule has 19 heavy (non-hydrogen) atoms. The highest BCUT2D eigenvalue weighted by Gasteiger charge is 2.05. The van der Waals surface area contributed by atoms with Gasteiger partial charge in [-0.3, -0.25) is 9.59 Å². The first-order chi connectivity index (χ1) is 9.02. The van der Waals surface area contributed by atoms with E-state index in [4.69, 9.17) is 0 Å². The second kappa shape index (κ2) is 7.53. The summed E-state index contributed by atoms with van der Waals surface area (Å²) in [7, 11) is 2.01. The quantitative estimate of drug-likeness (QED) is 0.814. The first kappa shape index (κ1) is 15.2. The molecule has 104 valence electrons. The van der Waals surface area contributed by atoms with Gasteiger partial charge in [0.05, 0.1) is 0 Å². The molecule has 2 N–H and O–H groups in total. The minimum Gasteiger partial charge on any atom is -0.351 e. The zero-order valence-corrected chi connectivity index (χ0v) is 11.7. The van der Waals surface area contributed by atoms with Crippen LogP contribution in [-0.4, -0.2) is 43.4 Å². The summed E-state index contributed by atoms with van der Waals surface area (Å²) in [6.45, 7) is 5.93. The molecule has 0 aromatic heterocycles. The van der Waals surface area contributed by atoms with Crippen LogP contribution >= 0.6 is 0 Å². The van der Waals surface area contributed by atoms with Gasteiger partial charge in [0.1, 0.15) is 0 Å². The van der Waals surface area contributed by atoms with Crippen LogP contribution in [0.25, 0.3) is 0 Å². The molecule has 0 saturated heterocycles. The lowest BCUT2D eigenvalue weighted by molar-refractivity contribution is -0.114. The number of hydrogen-bond donors (Lipinski definition) is 2. The maximum Gasteiger partial charge on any atom is 0.251 e. The first-order valence-electron chi connectivity index (χ1n) is 6.37. The summed E-state index contributed by atoms with van der Waals surface area (Å²) >= 11 is 0. The van der Waals surface area contributed by atoms with E-state index in [-0.39, 0.29) is 11.8 Å². The molecule has 0 bridgehead atoms. The highest BCUT2D eigenvalue weighted by molar-refractivity contribution is 5.95. The highest BCUT2D eigenvalue weighted by Crippen LogP contribution is 2.09. The second-order valence-electron chi connectivity index (χ2n) is 4.41. The zero-order chi connectivity index (χ0) is 14.3. The molecule has 0 aliphatic carbocycles. The lowest BCUT2D eigenvalue weighted by atomic mass is 10.2. The van der Waals surface area contributed by atoms with Crippen LogP contribution in [0.4, 0.5) is 5.69 Å². The molecule has 0 heterocycles. The van der Waals surface area contributed by atoms with Gasteiger partial charge in [-0.05, 0) is 37.9 Å². The van der Waals surface area contributed by atoms with Crippen LogP contribution in [-0.2, 0) is 4.79 Å².